The van der Waals surface area contributed by atoms with E-state index in [1.165, 1.54) is 31.2 Å². The van der Waals surface area contributed by atoms with E-state index in [1.807, 2.05) is 7.05 Å². The molecular formula is C18H27N3. The molecule has 0 spiro atoms. The molecule has 1 aliphatic carbocycles. The standard InChI is InChI=1S/C18H27N3/c1-14-13-21(18(19-2)20-16-9-6-10-16)12-11-17(14)15-7-4-3-5-8-15/h3-5,7-8,14,16-17H,6,9-13H2,1-2H3,(H,19,20). The van der Waals surface area contributed by atoms with Crippen LogP contribution in [0.2, 0.25) is 0 Å². The van der Waals surface area contributed by atoms with Gasteiger partial charge in [-0.1, -0.05) is 37.3 Å². The summed E-state index contributed by atoms with van der Waals surface area (Å²) in [6, 6.07) is 11.6. The van der Waals surface area contributed by atoms with Crippen molar-refractivity contribution in [2.45, 2.75) is 44.6 Å². The predicted octanol–water partition coefficient (Wildman–Crippen LogP) is 3.24. The first-order valence-corrected chi connectivity index (χ1v) is 8.31. The second-order valence-electron chi connectivity index (χ2n) is 6.55. The summed E-state index contributed by atoms with van der Waals surface area (Å²) < 4.78 is 0. The maximum Gasteiger partial charge on any atom is 0.193 e. The molecule has 0 aromatic heterocycles. The molecule has 2 atom stereocenters. The van der Waals surface area contributed by atoms with E-state index in [2.05, 4.69) is 52.5 Å². The Labute approximate surface area is 128 Å². The highest BCUT2D eigenvalue weighted by molar-refractivity contribution is 5.80. The summed E-state index contributed by atoms with van der Waals surface area (Å²) in [5.41, 5.74) is 1.49. The Morgan fingerprint density at radius 2 is 1.95 bits per heavy atom. The number of likely N-dealkylation sites (tertiary alicyclic amines) is 1. The number of nitrogens with zero attached hydrogens (tertiary/aromatic N) is 2. The van der Waals surface area contributed by atoms with Crippen LogP contribution in [0.5, 0.6) is 0 Å². The largest absolute Gasteiger partial charge is 0.354 e. The van der Waals surface area contributed by atoms with Crippen LogP contribution in [0.25, 0.3) is 0 Å². The third-order valence-electron chi connectivity index (χ3n) is 5.08. The number of piperidine rings is 1. The molecule has 21 heavy (non-hydrogen) atoms. The van der Waals surface area contributed by atoms with E-state index in [0.29, 0.717) is 17.9 Å². The molecule has 0 amide bonds. The zero-order valence-electron chi connectivity index (χ0n) is 13.3. The number of nitrogens with one attached hydrogen (secondary N) is 1. The van der Waals surface area contributed by atoms with Crippen LogP contribution in [-0.4, -0.2) is 37.0 Å². The maximum atomic E-state index is 4.50. The minimum absolute atomic E-state index is 0.658. The average molecular weight is 285 g/mol. The highest BCUT2D eigenvalue weighted by atomic mass is 15.3. The van der Waals surface area contributed by atoms with E-state index in [4.69, 9.17) is 0 Å². The molecule has 1 saturated heterocycles. The molecule has 1 heterocycles. The lowest BCUT2D eigenvalue weighted by atomic mass is 9.81. The van der Waals surface area contributed by atoms with E-state index >= 15 is 0 Å². The van der Waals surface area contributed by atoms with Crippen LogP contribution in [0.3, 0.4) is 0 Å². The molecule has 1 saturated carbocycles. The van der Waals surface area contributed by atoms with Crippen molar-refractivity contribution in [3.8, 4) is 0 Å². The van der Waals surface area contributed by atoms with Crippen molar-refractivity contribution >= 4 is 5.96 Å². The molecule has 0 radical (unpaired) electrons. The number of benzene rings is 1. The van der Waals surface area contributed by atoms with Crippen molar-refractivity contribution in [1.29, 1.82) is 0 Å². The van der Waals surface area contributed by atoms with Gasteiger partial charge >= 0.3 is 0 Å². The molecule has 0 bridgehead atoms. The van der Waals surface area contributed by atoms with Gasteiger partial charge in [0, 0.05) is 26.2 Å². The quantitative estimate of drug-likeness (QED) is 0.667. The fraction of sp³-hybridized carbons (Fsp3) is 0.611. The third-order valence-corrected chi connectivity index (χ3v) is 5.08. The molecule has 1 aliphatic heterocycles. The van der Waals surface area contributed by atoms with Crippen molar-refractivity contribution in [3.63, 3.8) is 0 Å². The van der Waals surface area contributed by atoms with Gasteiger partial charge in [0.15, 0.2) is 5.96 Å². The Morgan fingerprint density at radius 3 is 2.52 bits per heavy atom. The average Bonchev–Trinajstić information content (AvgIpc) is 2.47. The van der Waals surface area contributed by atoms with Gasteiger partial charge < -0.3 is 10.2 Å². The van der Waals surface area contributed by atoms with Gasteiger partial charge in [-0.2, -0.15) is 0 Å². The van der Waals surface area contributed by atoms with Crippen LogP contribution < -0.4 is 5.32 Å². The SMILES string of the molecule is CN=C(NC1CCC1)N1CCC(c2ccccc2)C(C)C1. The maximum absolute atomic E-state index is 4.50. The Morgan fingerprint density at radius 1 is 1.19 bits per heavy atom. The van der Waals surface area contributed by atoms with Gasteiger partial charge in [-0.3, -0.25) is 4.99 Å². The summed E-state index contributed by atoms with van der Waals surface area (Å²) in [4.78, 5) is 6.94. The van der Waals surface area contributed by atoms with Crippen molar-refractivity contribution in [1.82, 2.24) is 10.2 Å². The third kappa shape index (κ3) is 3.22. The van der Waals surface area contributed by atoms with Gasteiger partial charge in [-0.05, 0) is 43.1 Å². The number of rotatable bonds is 2. The molecule has 2 fully saturated rings. The Kier molecular flexibility index (Phi) is 4.47. The Balaban J connectivity index is 1.61. The van der Waals surface area contributed by atoms with Crippen LogP contribution in [-0.2, 0) is 0 Å². The first-order chi connectivity index (χ1) is 10.3. The zero-order chi connectivity index (χ0) is 14.7. The lowest BCUT2D eigenvalue weighted by molar-refractivity contribution is 0.228. The summed E-state index contributed by atoms with van der Waals surface area (Å²) in [5, 5.41) is 3.62. The van der Waals surface area contributed by atoms with E-state index in [0.717, 1.165) is 19.0 Å². The first-order valence-electron chi connectivity index (χ1n) is 8.31. The smallest absolute Gasteiger partial charge is 0.193 e. The molecule has 1 aromatic carbocycles. The molecule has 1 N–H and O–H groups in total. The summed E-state index contributed by atoms with van der Waals surface area (Å²) in [6.45, 7) is 4.59. The normalized spacial score (nSPS) is 27.3. The van der Waals surface area contributed by atoms with Gasteiger partial charge in [-0.15, -0.1) is 0 Å². The molecule has 2 unspecified atom stereocenters. The van der Waals surface area contributed by atoms with Crippen molar-refractivity contribution in [2.75, 3.05) is 20.1 Å². The van der Waals surface area contributed by atoms with Crippen molar-refractivity contribution in [3.05, 3.63) is 35.9 Å². The fourth-order valence-electron chi connectivity index (χ4n) is 3.57. The van der Waals surface area contributed by atoms with E-state index in [9.17, 15) is 0 Å². The number of aliphatic imine (C=N–C) groups is 1. The van der Waals surface area contributed by atoms with E-state index in [-0.39, 0.29) is 0 Å². The van der Waals surface area contributed by atoms with Crippen molar-refractivity contribution < 1.29 is 0 Å². The predicted molar refractivity (Wildman–Crippen MR) is 88.7 cm³/mol. The van der Waals surface area contributed by atoms with Crippen LogP contribution in [0, 0.1) is 5.92 Å². The van der Waals surface area contributed by atoms with Gasteiger partial charge in [0.2, 0.25) is 0 Å². The lowest BCUT2D eigenvalue weighted by Gasteiger charge is -2.40. The van der Waals surface area contributed by atoms with Crippen LogP contribution in [0.1, 0.15) is 44.1 Å². The van der Waals surface area contributed by atoms with Gasteiger partial charge in [-0.25, -0.2) is 0 Å². The summed E-state index contributed by atoms with van der Waals surface area (Å²) in [5.74, 6) is 2.46. The van der Waals surface area contributed by atoms with E-state index in [1.54, 1.807) is 0 Å². The Bertz CT molecular complexity index is 478. The molecule has 1 aromatic rings. The van der Waals surface area contributed by atoms with Gasteiger partial charge in [0.1, 0.15) is 0 Å². The minimum atomic E-state index is 0.658. The zero-order valence-corrected chi connectivity index (χ0v) is 13.3. The summed E-state index contributed by atoms with van der Waals surface area (Å²) in [6.07, 6.45) is 5.18. The molecule has 114 valence electrons. The molecule has 3 rings (SSSR count). The van der Waals surface area contributed by atoms with Crippen molar-refractivity contribution in [2.24, 2.45) is 10.9 Å². The van der Waals surface area contributed by atoms with Gasteiger partial charge in [0.05, 0.1) is 0 Å². The topological polar surface area (TPSA) is 27.6 Å². The minimum Gasteiger partial charge on any atom is -0.354 e. The van der Waals surface area contributed by atoms with Gasteiger partial charge in [0.25, 0.3) is 0 Å². The fourth-order valence-corrected chi connectivity index (χ4v) is 3.57. The lowest BCUT2D eigenvalue weighted by Crippen LogP contribution is -2.52. The highest BCUT2D eigenvalue weighted by Gasteiger charge is 2.30. The summed E-state index contributed by atoms with van der Waals surface area (Å²) >= 11 is 0. The molecule has 3 heteroatoms. The highest BCUT2D eigenvalue weighted by Crippen LogP contribution is 2.32. The second-order valence-corrected chi connectivity index (χ2v) is 6.55. The Hall–Kier alpha value is -1.51. The number of guanidine groups is 1. The molecule has 2 aliphatic rings. The molecular weight excluding hydrogens is 258 g/mol. The monoisotopic (exact) mass is 285 g/mol. The van der Waals surface area contributed by atoms with Crippen LogP contribution in [0.15, 0.2) is 35.3 Å². The molecule has 3 nitrogen and oxygen atoms in total. The number of hydrogen-bond donors (Lipinski definition) is 1. The first kappa shape index (κ1) is 14.4. The van der Waals surface area contributed by atoms with Crippen LogP contribution >= 0.6 is 0 Å². The van der Waals surface area contributed by atoms with Crippen LogP contribution in [0.4, 0.5) is 0 Å². The second kappa shape index (κ2) is 6.50. The summed E-state index contributed by atoms with van der Waals surface area (Å²) in [7, 11) is 1.91. The number of hydrogen-bond acceptors (Lipinski definition) is 1. The van der Waals surface area contributed by atoms with E-state index < -0.39 is 0 Å².